The number of phenols is 1. The van der Waals surface area contributed by atoms with Gasteiger partial charge in [0.05, 0.1) is 0 Å². The average Bonchev–Trinajstić information content (AvgIpc) is 2.33. The molecule has 106 valence electrons. The molecule has 0 aliphatic heterocycles. The Morgan fingerprint density at radius 3 is 2.35 bits per heavy atom. The van der Waals surface area contributed by atoms with Crippen molar-refractivity contribution in [3.63, 3.8) is 0 Å². The monoisotopic (exact) mass is 272 g/mol. The van der Waals surface area contributed by atoms with E-state index in [-0.39, 0.29) is 11.3 Å². The second-order valence-electron chi connectivity index (χ2n) is 5.64. The minimum Gasteiger partial charge on any atom is -0.507 e. The lowest BCUT2D eigenvalue weighted by molar-refractivity contribution is 0.467. The van der Waals surface area contributed by atoms with Crippen LogP contribution in [-0.2, 0) is 6.42 Å². The van der Waals surface area contributed by atoms with Gasteiger partial charge in [-0.3, -0.25) is 4.79 Å². The predicted octanol–water partition coefficient (Wildman–Crippen LogP) is 2.96. The minimum absolute atomic E-state index is 0.144. The van der Waals surface area contributed by atoms with Crippen LogP contribution in [0.25, 0.3) is 11.4 Å². The Kier molecular flexibility index (Phi) is 3.93. The number of hydrogen-bond acceptors (Lipinski definition) is 3. The molecule has 0 aliphatic rings. The molecule has 0 aliphatic carbocycles. The lowest BCUT2D eigenvalue weighted by atomic mass is 10.0. The molecule has 0 spiro atoms. The van der Waals surface area contributed by atoms with E-state index in [1.165, 1.54) is 0 Å². The molecule has 2 rings (SSSR count). The van der Waals surface area contributed by atoms with Crippen molar-refractivity contribution in [3.8, 4) is 17.1 Å². The Morgan fingerprint density at radius 2 is 1.80 bits per heavy atom. The highest BCUT2D eigenvalue weighted by molar-refractivity contribution is 5.61. The number of nitrogens with one attached hydrogen (secondary N) is 1. The summed E-state index contributed by atoms with van der Waals surface area (Å²) in [5, 5.41) is 9.81. The molecule has 0 fully saturated rings. The summed E-state index contributed by atoms with van der Waals surface area (Å²) in [6.45, 7) is 7.86. The van der Waals surface area contributed by atoms with E-state index in [0.717, 1.165) is 28.8 Å². The van der Waals surface area contributed by atoms with Crippen molar-refractivity contribution in [3.05, 3.63) is 45.4 Å². The summed E-state index contributed by atoms with van der Waals surface area (Å²) in [5.41, 5.74) is 3.02. The number of rotatable bonds is 3. The summed E-state index contributed by atoms with van der Waals surface area (Å²) in [6.07, 6.45) is 0.771. The summed E-state index contributed by atoms with van der Waals surface area (Å²) in [4.78, 5) is 19.0. The van der Waals surface area contributed by atoms with Gasteiger partial charge < -0.3 is 10.1 Å². The lowest BCUT2D eigenvalue weighted by Crippen LogP contribution is -2.12. The van der Waals surface area contributed by atoms with Crippen LogP contribution in [0.2, 0.25) is 0 Å². The Balaban J connectivity index is 2.52. The van der Waals surface area contributed by atoms with Gasteiger partial charge in [0.1, 0.15) is 11.6 Å². The van der Waals surface area contributed by atoms with Crippen molar-refractivity contribution in [1.29, 1.82) is 0 Å². The van der Waals surface area contributed by atoms with Gasteiger partial charge in [-0.25, -0.2) is 4.98 Å². The van der Waals surface area contributed by atoms with Crippen molar-refractivity contribution in [2.24, 2.45) is 5.92 Å². The maximum absolute atomic E-state index is 11.8. The fourth-order valence-electron chi connectivity index (χ4n) is 2.26. The highest BCUT2D eigenvalue weighted by Crippen LogP contribution is 2.27. The summed E-state index contributed by atoms with van der Waals surface area (Å²) >= 11 is 0. The zero-order valence-electron chi connectivity index (χ0n) is 12.3. The van der Waals surface area contributed by atoms with Gasteiger partial charge in [0.15, 0.2) is 0 Å². The van der Waals surface area contributed by atoms with Gasteiger partial charge in [-0.05, 0) is 49.4 Å². The van der Waals surface area contributed by atoms with E-state index in [4.69, 9.17) is 0 Å². The van der Waals surface area contributed by atoms with E-state index in [2.05, 4.69) is 23.8 Å². The fourth-order valence-corrected chi connectivity index (χ4v) is 2.26. The van der Waals surface area contributed by atoms with Crippen LogP contribution in [0.15, 0.2) is 23.0 Å². The van der Waals surface area contributed by atoms with Crippen LogP contribution in [-0.4, -0.2) is 15.1 Å². The van der Waals surface area contributed by atoms with Gasteiger partial charge in [0.2, 0.25) is 0 Å². The first-order valence-electron chi connectivity index (χ1n) is 6.77. The smallest absolute Gasteiger partial charge is 0.251 e. The van der Waals surface area contributed by atoms with E-state index in [1.54, 1.807) is 6.07 Å². The van der Waals surface area contributed by atoms with Crippen LogP contribution in [0.5, 0.6) is 5.75 Å². The molecule has 0 radical (unpaired) electrons. The van der Waals surface area contributed by atoms with Gasteiger partial charge in [-0.15, -0.1) is 0 Å². The second-order valence-corrected chi connectivity index (χ2v) is 5.64. The standard InChI is InChI=1S/C16H20N2O2/c1-9(2)5-13-8-14(19)18-16(17-13)12-6-10(3)15(20)11(4)7-12/h6-9,20H,5H2,1-4H3,(H,17,18,19). The number of nitrogens with zero attached hydrogens (tertiary/aromatic N) is 1. The summed E-state index contributed by atoms with van der Waals surface area (Å²) in [5.74, 6) is 1.29. The van der Waals surface area contributed by atoms with Crippen molar-refractivity contribution in [2.75, 3.05) is 0 Å². The molecule has 4 heteroatoms. The van der Waals surface area contributed by atoms with Gasteiger partial charge >= 0.3 is 0 Å². The predicted molar refractivity (Wildman–Crippen MR) is 80.0 cm³/mol. The molecular formula is C16H20N2O2. The van der Waals surface area contributed by atoms with Crippen molar-refractivity contribution >= 4 is 0 Å². The van der Waals surface area contributed by atoms with Crippen molar-refractivity contribution < 1.29 is 5.11 Å². The number of H-pyrrole nitrogens is 1. The molecule has 0 bridgehead atoms. The molecule has 2 N–H and O–H groups in total. The van der Waals surface area contributed by atoms with Crippen LogP contribution in [0.1, 0.15) is 30.7 Å². The zero-order valence-corrected chi connectivity index (χ0v) is 12.3. The third-order valence-corrected chi connectivity index (χ3v) is 3.18. The summed E-state index contributed by atoms with van der Waals surface area (Å²) < 4.78 is 0. The topological polar surface area (TPSA) is 66.0 Å². The van der Waals surface area contributed by atoms with Crippen molar-refractivity contribution in [1.82, 2.24) is 9.97 Å². The summed E-state index contributed by atoms with van der Waals surface area (Å²) in [7, 11) is 0. The number of benzene rings is 1. The highest BCUT2D eigenvalue weighted by Gasteiger charge is 2.09. The third kappa shape index (κ3) is 3.07. The zero-order chi connectivity index (χ0) is 14.9. The van der Waals surface area contributed by atoms with E-state index < -0.39 is 0 Å². The maximum atomic E-state index is 11.8. The number of hydrogen-bond donors (Lipinski definition) is 2. The van der Waals surface area contributed by atoms with Crippen LogP contribution in [0.4, 0.5) is 0 Å². The van der Waals surface area contributed by atoms with Gasteiger partial charge in [0, 0.05) is 17.3 Å². The largest absolute Gasteiger partial charge is 0.507 e. The number of aromatic hydroxyl groups is 1. The Labute approximate surface area is 118 Å². The number of aryl methyl sites for hydroxylation is 2. The maximum Gasteiger partial charge on any atom is 0.251 e. The minimum atomic E-state index is -0.144. The molecule has 20 heavy (non-hydrogen) atoms. The number of aromatic nitrogens is 2. The average molecular weight is 272 g/mol. The molecular weight excluding hydrogens is 252 g/mol. The number of aromatic amines is 1. The molecule has 0 unspecified atom stereocenters. The van der Waals surface area contributed by atoms with Crippen LogP contribution in [0.3, 0.4) is 0 Å². The van der Waals surface area contributed by atoms with E-state index in [9.17, 15) is 9.90 Å². The SMILES string of the molecule is Cc1cc(-c2nc(CC(C)C)cc(=O)[nH]2)cc(C)c1O. The first-order valence-corrected chi connectivity index (χ1v) is 6.77. The normalized spacial score (nSPS) is 11.1. The highest BCUT2D eigenvalue weighted by atomic mass is 16.3. The van der Waals surface area contributed by atoms with Crippen LogP contribution < -0.4 is 5.56 Å². The van der Waals surface area contributed by atoms with Crippen LogP contribution in [0, 0.1) is 19.8 Å². The summed E-state index contributed by atoms with van der Waals surface area (Å²) in [6, 6.07) is 5.21. The lowest BCUT2D eigenvalue weighted by Gasteiger charge is -2.09. The molecule has 1 aromatic carbocycles. The first-order chi connectivity index (χ1) is 9.36. The Morgan fingerprint density at radius 1 is 1.20 bits per heavy atom. The molecule has 1 aromatic heterocycles. The molecule has 2 aromatic rings. The molecule has 0 atom stereocenters. The van der Waals surface area contributed by atoms with E-state index in [0.29, 0.717) is 11.7 Å². The number of phenolic OH excluding ortho intramolecular Hbond substituents is 1. The Hall–Kier alpha value is -2.10. The van der Waals surface area contributed by atoms with Gasteiger partial charge in [-0.2, -0.15) is 0 Å². The van der Waals surface area contributed by atoms with E-state index >= 15 is 0 Å². The Bertz CT molecular complexity index is 664. The van der Waals surface area contributed by atoms with Gasteiger partial charge in [0.25, 0.3) is 5.56 Å². The second kappa shape index (κ2) is 5.49. The van der Waals surface area contributed by atoms with E-state index in [1.807, 2.05) is 26.0 Å². The molecule has 0 amide bonds. The molecule has 1 heterocycles. The first kappa shape index (κ1) is 14.3. The van der Waals surface area contributed by atoms with Gasteiger partial charge in [-0.1, -0.05) is 13.8 Å². The third-order valence-electron chi connectivity index (χ3n) is 3.18. The molecule has 0 saturated carbocycles. The molecule has 0 saturated heterocycles. The van der Waals surface area contributed by atoms with Crippen molar-refractivity contribution in [2.45, 2.75) is 34.1 Å². The molecule has 4 nitrogen and oxygen atoms in total. The quantitative estimate of drug-likeness (QED) is 0.902. The van der Waals surface area contributed by atoms with Crippen LogP contribution >= 0.6 is 0 Å². The fraction of sp³-hybridized carbons (Fsp3) is 0.375.